The van der Waals surface area contributed by atoms with Crippen molar-refractivity contribution in [2.45, 2.75) is 26.3 Å². The Hall–Kier alpha value is -3.16. The highest BCUT2D eigenvalue weighted by Crippen LogP contribution is 2.24. The van der Waals surface area contributed by atoms with Gasteiger partial charge < -0.3 is 15.0 Å². The third-order valence-electron chi connectivity index (χ3n) is 5.10. The number of methoxy groups -OCH3 is 1. The molecule has 1 amide bonds. The molecular weight excluding hydrogens is 356 g/mol. The molecule has 0 unspecified atom stereocenters. The van der Waals surface area contributed by atoms with Gasteiger partial charge in [-0.3, -0.25) is 4.79 Å². The number of hydrogen-bond donors (Lipinski definition) is 1. The molecule has 0 spiro atoms. The van der Waals surface area contributed by atoms with Crippen LogP contribution in [0.2, 0.25) is 0 Å². The summed E-state index contributed by atoms with van der Waals surface area (Å²) < 4.78 is 6.91. The van der Waals surface area contributed by atoms with E-state index in [1.165, 1.54) is 6.33 Å². The summed E-state index contributed by atoms with van der Waals surface area (Å²) in [7, 11) is 1.64. The molecule has 2 aromatic heterocycles. The number of piperidine rings is 1. The SMILES string of the molecule is COc1ccc(CNC(=O)[C@@H]2CCCN(c3cc(C)nc4ncnn34)C2)cc1. The second-order valence-electron chi connectivity index (χ2n) is 7.08. The normalized spacial score (nSPS) is 16.9. The summed E-state index contributed by atoms with van der Waals surface area (Å²) in [6.45, 7) is 4.01. The lowest BCUT2D eigenvalue weighted by Crippen LogP contribution is -2.43. The highest BCUT2D eigenvalue weighted by Gasteiger charge is 2.27. The van der Waals surface area contributed by atoms with Gasteiger partial charge in [-0.1, -0.05) is 12.1 Å². The molecular formula is C20H24N6O2. The van der Waals surface area contributed by atoms with Crippen LogP contribution in [0.3, 0.4) is 0 Å². The van der Waals surface area contributed by atoms with Gasteiger partial charge in [-0.2, -0.15) is 14.6 Å². The number of aromatic nitrogens is 4. The van der Waals surface area contributed by atoms with E-state index in [-0.39, 0.29) is 11.8 Å². The Balaban J connectivity index is 1.42. The molecule has 4 rings (SSSR count). The number of rotatable bonds is 5. The van der Waals surface area contributed by atoms with Crippen LogP contribution in [-0.4, -0.2) is 45.7 Å². The van der Waals surface area contributed by atoms with Crippen molar-refractivity contribution >= 4 is 17.5 Å². The van der Waals surface area contributed by atoms with Gasteiger partial charge in [0.25, 0.3) is 5.78 Å². The van der Waals surface area contributed by atoms with Crippen molar-refractivity contribution < 1.29 is 9.53 Å². The van der Waals surface area contributed by atoms with E-state index in [9.17, 15) is 4.79 Å². The third kappa shape index (κ3) is 3.76. The van der Waals surface area contributed by atoms with Crippen molar-refractivity contribution in [3.63, 3.8) is 0 Å². The molecule has 1 atom stereocenters. The van der Waals surface area contributed by atoms with E-state index in [4.69, 9.17) is 4.74 Å². The van der Waals surface area contributed by atoms with E-state index in [2.05, 4.69) is 25.3 Å². The highest BCUT2D eigenvalue weighted by atomic mass is 16.5. The fourth-order valence-electron chi connectivity index (χ4n) is 3.61. The van der Waals surface area contributed by atoms with E-state index < -0.39 is 0 Å². The topological polar surface area (TPSA) is 84.6 Å². The molecule has 1 aliphatic heterocycles. The standard InChI is InChI=1S/C20H24N6O2/c1-14-10-18(26-20(24-14)22-13-23-26)25-9-3-4-16(12-25)19(27)21-11-15-5-7-17(28-2)8-6-15/h5-8,10,13,16H,3-4,9,11-12H2,1-2H3,(H,21,27)/t16-/m1/s1. The molecule has 8 heteroatoms. The van der Waals surface area contributed by atoms with Crippen LogP contribution in [0.25, 0.3) is 5.78 Å². The third-order valence-corrected chi connectivity index (χ3v) is 5.10. The van der Waals surface area contributed by atoms with Crippen molar-refractivity contribution in [1.29, 1.82) is 0 Å². The molecule has 0 radical (unpaired) electrons. The van der Waals surface area contributed by atoms with Crippen LogP contribution in [-0.2, 0) is 11.3 Å². The zero-order valence-corrected chi connectivity index (χ0v) is 16.1. The lowest BCUT2D eigenvalue weighted by molar-refractivity contribution is -0.125. The Morgan fingerprint density at radius 2 is 2.14 bits per heavy atom. The van der Waals surface area contributed by atoms with Gasteiger partial charge in [0.05, 0.1) is 13.0 Å². The predicted molar refractivity (Wildman–Crippen MR) is 105 cm³/mol. The van der Waals surface area contributed by atoms with Crippen LogP contribution in [0, 0.1) is 12.8 Å². The fourth-order valence-corrected chi connectivity index (χ4v) is 3.61. The van der Waals surface area contributed by atoms with Gasteiger partial charge in [-0.25, -0.2) is 4.98 Å². The Morgan fingerprint density at radius 3 is 2.93 bits per heavy atom. The Morgan fingerprint density at radius 1 is 1.32 bits per heavy atom. The zero-order valence-electron chi connectivity index (χ0n) is 16.1. The molecule has 0 aliphatic carbocycles. The van der Waals surface area contributed by atoms with E-state index in [1.807, 2.05) is 37.3 Å². The number of carbonyl (C=O) groups excluding carboxylic acids is 1. The van der Waals surface area contributed by atoms with Gasteiger partial charge in [-0.05, 0) is 37.5 Å². The number of ether oxygens (including phenoxy) is 1. The summed E-state index contributed by atoms with van der Waals surface area (Å²) >= 11 is 0. The molecule has 8 nitrogen and oxygen atoms in total. The molecule has 0 saturated carbocycles. The number of amides is 1. The van der Waals surface area contributed by atoms with Crippen molar-refractivity contribution in [2.24, 2.45) is 5.92 Å². The molecule has 1 aromatic carbocycles. The first-order valence-electron chi connectivity index (χ1n) is 9.47. The summed E-state index contributed by atoms with van der Waals surface area (Å²) in [4.78, 5) is 23.5. The molecule has 146 valence electrons. The molecule has 3 heterocycles. The molecule has 1 saturated heterocycles. The summed E-state index contributed by atoms with van der Waals surface area (Å²) in [6.07, 6.45) is 3.35. The Bertz CT molecular complexity index is 968. The molecule has 3 aromatic rings. The Kier molecular flexibility index (Phi) is 5.10. The van der Waals surface area contributed by atoms with E-state index >= 15 is 0 Å². The zero-order chi connectivity index (χ0) is 19.5. The summed E-state index contributed by atoms with van der Waals surface area (Å²) in [5.74, 6) is 2.36. The maximum atomic E-state index is 12.7. The monoisotopic (exact) mass is 380 g/mol. The summed E-state index contributed by atoms with van der Waals surface area (Å²) in [6, 6.07) is 9.73. The van der Waals surface area contributed by atoms with Crippen molar-refractivity contribution in [2.75, 3.05) is 25.1 Å². The van der Waals surface area contributed by atoms with Gasteiger partial charge in [-0.15, -0.1) is 0 Å². The van der Waals surface area contributed by atoms with Crippen LogP contribution in [0.5, 0.6) is 5.75 Å². The average Bonchev–Trinajstić information content (AvgIpc) is 3.20. The lowest BCUT2D eigenvalue weighted by Gasteiger charge is -2.33. The minimum absolute atomic E-state index is 0.0564. The molecule has 1 fully saturated rings. The fraction of sp³-hybridized carbons (Fsp3) is 0.400. The van der Waals surface area contributed by atoms with Crippen LogP contribution in [0.4, 0.5) is 5.82 Å². The smallest absolute Gasteiger partial charge is 0.254 e. The second kappa shape index (κ2) is 7.84. The minimum atomic E-state index is -0.0564. The number of carbonyl (C=O) groups is 1. The van der Waals surface area contributed by atoms with Gasteiger partial charge in [0.2, 0.25) is 5.91 Å². The molecule has 1 aliphatic rings. The summed E-state index contributed by atoms with van der Waals surface area (Å²) in [5.41, 5.74) is 1.94. The first-order valence-corrected chi connectivity index (χ1v) is 9.47. The van der Waals surface area contributed by atoms with Gasteiger partial charge in [0, 0.05) is 31.4 Å². The number of hydrogen-bond acceptors (Lipinski definition) is 6. The first kappa shape index (κ1) is 18.2. The van der Waals surface area contributed by atoms with Gasteiger partial charge in [0.15, 0.2) is 0 Å². The number of fused-ring (bicyclic) bond motifs is 1. The van der Waals surface area contributed by atoms with Crippen molar-refractivity contribution in [3.05, 3.63) is 47.9 Å². The number of benzene rings is 1. The lowest BCUT2D eigenvalue weighted by atomic mass is 9.97. The number of anilines is 1. The van der Waals surface area contributed by atoms with Crippen LogP contribution in [0.15, 0.2) is 36.7 Å². The first-order chi connectivity index (χ1) is 13.6. The van der Waals surface area contributed by atoms with Crippen LogP contribution in [0.1, 0.15) is 24.1 Å². The van der Waals surface area contributed by atoms with Crippen molar-refractivity contribution in [3.8, 4) is 5.75 Å². The van der Waals surface area contributed by atoms with Gasteiger partial charge >= 0.3 is 0 Å². The minimum Gasteiger partial charge on any atom is -0.497 e. The van der Waals surface area contributed by atoms with Crippen LogP contribution < -0.4 is 15.0 Å². The molecule has 1 N–H and O–H groups in total. The number of nitrogens with zero attached hydrogens (tertiary/aromatic N) is 5. The molecule has 28 heavy (non-hydrogen) atoms. The van der Waals surface area contributed by atoms with E-state index in [0.717, 1.165) is 42.2 Å². The highest BCUT2D eigenvalue weighted by molar-refractivity contribution is 5.79. The quantitative estimate of drug-likeness (QED) is 0.729. The number of nitrogens with one attached hydrogen (secondary N) is 1. The van der Waals surface area contributed by atoms with E-state index in [1.54, 1.807) is 11.6 Å². The number of aryl methyl sites for hydroxylation is 1. The second-order valence-corrected chi connectivity index (χ2v) is 7.08. The van der Waals surface area contributed by atoms with Crippen LogP contribution >= 0.6 is 0 Å². The molecule has 0 bridgehead atoms. The predicted octanol–water partition coefficient (Wildman–Crippen LogP) is 1.97. The largest absolute Gasteiger partial charge is 0.497 e. The van der Waals surface area contributed by atoms with Gasteiger partial charge in [0.1, 0.15) is 17.9 Å². The summed E-state index contributed by atoms with van der Waals surface area (Å²) in [5, 5.41) is 7.35. The Labute approximate surface area is 163 Å². The van der Waals surface area contributed by atoms with Crippen molar-refractivity contribution in [1.82, 2.24) is 24.9 Å². The maximum absolute atomic E-state index is 12.7. The maximum Gasteiger partial charge on any atom is 0.254 e. The average molecular weight is 380 g/mol. The van der Waals surface area contributed by atoms with E-state index in [0.29, 0.717) is 18.9 Å².